The zero-order chi connectivity index (χ0) is 22.8. The lowest BCUT2D eigenvalue weighted by Gasteiger charge is -2.09. The van der Waals surface area contributed by atoms with E-state index in [1.54, 1.807) is 30.0 Å². The molecule has 0 amide bonds. The van der Waals surface area contributed by atoms with E-state index >= 15 is 0 Å². The van der Waals surface area contributed by atoms with Gasteiger partial charge in [-0.2, -0.15) is 4.98 Å². The molecule has 2 aromatic carbocycles. The summed E-state index contributed by atoms with van der Waals surface area (Å²) < 4.78 is 12.3. The molecule has 9 heteroatoms. The maximum atomic E-state index is 12.0. The minimum absolute atomic E-state index is 0.0951. The van der Waals surface area contributed by atoms with Crippen LogP contribution in [0.1, 0.15) is 16.3 Å². The molecule has 0 bridgehead atoms. The van der Waals surface area contributed by atoms with E-state index in [9.17, 15) is 9.90 Å². The lowest BCUT2D eigenvalue weighted by atomic mass is 10.2. The Morgan fingerprint density at radius 1 is 1.12 bits per heavy atom. The van der Waals surface area contributed by atoms with E-state index in [0.717, 1.165) is 11.3 Å². The predicted octanol–water partition coefficient (Wildman–Crippen LogP) is 4.59. The number of methoxy groups -OCH3 is 1. The molecule has 3 aromatic heterocycles. The van der Waals surface area contributed by atoms with Crippen molar-refractivity contribution < 1.29 is 19.2 Å². The molecule has 0 fully saturated rings. The van der Waals surface area contributed by atoms with Crippen LogP contribution in [-0.4, -0.2) is 37.9 Å². The first-order valence-electron chi connectivity index (χ1n) is 10.1. The molecule has 0 aliphatic heterocycles. The van der Waals surface area contributed by atoms with Crippen LogP contribution >= 0.6 is 0 Å². The predicted molar refractivity (Wildman–Crippen MR) is 122 cm³/mol. The van der Waals surface area contributed by atoms with Crippen molar-refractivity contribution in [3.05, 3.63) is 84.4 Å². The van der Waals surface area contributed by atoms with Crippen LogP contribution in [0, 0.1) is 0 Å². The SMILES string of the molecule is COc1cccc(Nc2nccc3c2cc(C(=O)O)n3Cc2noc(-c3ccccc3)n2)c1. The average molecular weight is 441 g/mol. The molecular formula is C24H19N5O4. The summed E-state index contributed by atoms with van der Waals surface area (Å²) in [4.78, 5) is 20.9. The number of hydrogen-bond donors (Lipinski definition) is 2. The third kappa shape index (κ3) is 3.99. The van der Waals surface area contributed by atoms with E-state index < -0.39 is 5.97 Å². The third-order valence-corrected chi connectivity index (χ3v) is 5.17. The van der Waals surface area contributed by atoms with Crippen molar-refractivity contribution in [2.45, 2.75) is 6.54 Å². The van der Waals surface area contributed by atoms with Gasteiger partial charge in [-0.1, -0.05) is 29.4 Å². The number of pyridine rings is 1. The fraction of sp³-hybridized carbons (Fsp3) is 0.0833. The van der Waals surface area contributed by atoms with Crippen molar-refractivity contribution in [3.8, 4) is 17.2 Å². The molecule has 0 atom stereocenters. The van der Waals surface area contributed by atoms with E-state index in [-0.39, 0.29) is 12.2 Å². The van der Waals surface area contributed by atoms with Crippen LogP contribution in [0.2, 0.25) is 0 Å². The second kappa shape index (κ2) is 8.46. The molecule has 0 saturated carbocycles. The molecule has 5 rings (SSSR count). The van der Waals surface area contributed by atoms with Crippen LogP contribution < -0.4 is 10.1 Å². The van der Waals surface area contributed by atoms with Gasteiger partial charge in [0, 0.05) is 28.9 Å². The minimum atomic E-state index is -1.06. The van der Waals surface area contributed by atoms with Gasteiger partial charge in [-0.3, -0.25) is 0 Å². The summed E-state index contributed by atoms with van der Waals surface area (Å²) in [6.45, 7) is 0.129. The summed E-state index contributed by atoms with van der Waals surface area (Å²) in [6.07, 6.45) is 1.62. The first-order chi connectivity index (χ1) is 16.1. The van der Waals surface area contributed by atoms with Crippen molar-refractivity contribution in [3.63, 3.8) is 0 Å². The van der Waals surface area contributed by atoms with Gasteiger partial charge in [0.2, 0.25) is 0 Å². The monoisotopic (exact) mass is 441 g/mol. The van der Waals surface area contributed by atoms with Crippen LogP contribution in [0.3, 0.4) is 0 Å². The number of carboxylic acids is 1. The van der Waals surface area contributed by atoms with Gasteiger partial charge < -0.3 is 24.3 Å². The van der Waals surface area contributed by atoms with Gasteiger partial charge >= 0.3 is 5.97 Å². The van der Waals surface area contributed by atoms with E-state index in [1.165, 1.54) is 0 Å². The van der Waals surface area contributed by atoms with Crippen molar-refractivity contribution in [2.75, 3.05) is 12.4 Å². The average Bonchev–Trinajstić information content (AvgIpc) is 3.46. The number of aromatic nitrogens is 4. The molecular weight excluding hydrogens is 422 g/mol. The van der Waals surface area contributed by atoms with Gasteiger partial charge in [0.1, 0.15) is 17.3 Å². The number of fused-ring (bicyclic) bond motifs is 1. The third-order valence-electron chi connectivity index (χ3n) is 5.17. The Hall–Kier alpha value is -4.66. The van der Waals surface area contributed by atoms with Gasteiger partial charge in [-0.15, -0.1) is 0 Å². The quantitative estimate of drug-likeness (QED) is 0.377. The number of nitrogens with zero attached hydrogens (tertiary/aromatic N) is 4. The van der Waals surface area contributed by atoms with E-state index in [1.807, 2.05) is 54.6 Å². The molecule has 9 nitrogen and oxygen atoms in total. The molecule has 0 aliphatic carbocycles. The van der Waals surface area contributed by atoms with Gasteiger partial charge in [0.15, 0.2) is 5.82 Å². The number of carbonyl (C=O) groups is 1. The van der Waals surface area contributed by atoms with Crippen molar-refractivity contribution in [2.24, 2.45) is 0 Å². The topological polar surface area (TPSA) is 115 Å². The molecule has 33 heavy (non-hydrogen) atoms. The van der Waals surface area contributed by atoms with E-state index in [4.69, 9.17) is 9.26 Å². The maximum Gasteiger partial charge on any atom is 0.352 e. The first kappa shape index (κ1) is 20.3. The highest BCUT2D eigenvalue weighted by molar-refractivity contribution is 5.99. The lowest BCUT2D eigenvalue weighted by molar-refractivity contribution is 0.0686. The Labute approximate surface area is 188 Å². The number of anilines is 2. The number of nitrogens with one attached hydrogen (secondary N) is 1. The normalized spacial score (nSPS) is 10.9. The first-order valence-corrected chi connectivity index (χ1v) is 10.1. The van der Waals surface area contributed by atoms with Crippen LogP contribution in [-0.2, 0) is 6.54 Å². The molecule has 3 heterocycles. The fourth-order valence-electron chi connectivity index (χ4n) is 3.63. The summed E-state index contributed by atoms with van der Waals surface area (Å²) >= 11 is 0. The Balaban J connectivity index is 1.52. The molecule has 0 saturated heterocycles. The second-order valence-electron chi connectivity index (χ2n) is 7.25. The summed E-state index contributed by atoms with van der Waals surface area (Å²) in [5, 5.41) is 17.8. The molecule has 5 aromatic rings. The smallest absolute Gasteiger partial charge is 0.352 e. The Bertz CT molecular complexity index is 1440. The largest absolute Gasteiger partial charge is 0.497 e. The summed E-state index contributed by atoms with van der Waals surface area (Å²) in [6, 6.07) is 20.2. The maximum absolute atomic E-state index is 12.0. The highest BCUT2D eigenvalue weighted by atomic mass is 16.5. The molecule has 0 spiro atoms. The highest BCUT2D eigenvalue weighted by Gasteiger charge is 2.20. The summed E-state index contributed by atoms with van der Waals surface area (Å²) in [5.74, 6) is 0.904. The van der Waals surface area contributed by atoms with Gasteiger partial charge in [-0.25, -0.2) is 9.78 Å². The lowest BCUT2D eigenvalue weighted by Crippen LogP contribution is -2.10. The van der Waals surface area contributed by atoms with Crippen LogP contribution in [0.4, 0.5) is 11.5 Å². The van der Waals surface area contributed by atoms with Crippen LogP contribution in [0.5, 0.6) is 5.75 Å². The number of ether oxygens (including phenoxy) is 1. The van der Waals surface area contributed by atoms with Crippen molar-refractivity contribution in [1.29, 1.82) is 0 Å². The fourth-order valence-corrected chi connectivity index (χ4v) is 3.63. The zero-order valence-electron chi connectivity index (χ0n) is 17.6. The Morgan fingerprint density at radius 3 is 2.76 bits per heavy atom. The number of rotatable bonds is 7. The highest BCUT2D eigenvalue weighted by Crippen LogP contribution is 2.29. The molecule has 2 N–H and O–H groups in total. The molecule has 0 unspecified atom stereocenters. The van der Waals surface area contributed by atoms with Gasteiger partial charge in [-0.05, 0) is 36.4 Å². The van der Waals surface area contributed by atoms with Gasteiger partial charge in [0.25, 0.3) is 5.89 Å². The molecule has 0 aliphatic rings. The number of hydrogen-bond acceptors (Lipinski definition) is 7. The molecule has 0 radical (unpaired) electrons. The standard InChI is InChI=1S/C24H19N5O4/c1-32-17-9-5-8-16(12-17)26-22-18-13-20(24(30)31)29(19(18)10-11-25-22)14-21-27-23(33-28-21)15-6-3-2-4-7-15/h2-13H,14H2,1H3,(H,25,26)(H,30,31). The summed E-state index contributed by atoms with van der Waals surface area (Å²) in [7, 11) is 1.60. The second-order valence-corrected chi connectivity index (χ2v) is 7.25. The Kier molecular flexibility index (Phi) is 5.19. The van der Waals surface area contributed by atoms with Crippen LogP contribution in [0.25, 0.3) is 22.4 Å². The molecule has 164 valence electrons. The van der Waals surface area contributed by atoms with Gasteiger partial charge in [0.05, 0.1) is 19.2 Å². The van der Waals surface area contributed by atoms with Crippen molar-refractivity contribution in [1.82, 2.24) is 19.7 Å². The van der Waals surface area contributed by atoms with Crippen LogP contribution in [0.15, 0.2) is 77.4 Å². The number of aromatic carboxylic acids is 1. The minimum Gasteiger partial charge on any atom is -0.497 e. The Morgan fingerprint density at radius 2 is 1.97 bits per heavy atom. The zero-order valence-corrected chi connectivity index (χ0v) is 17.6. The van der Waals surface area contributed by atoms with E-state index in [2.05, 4.69) is 20.4 Å². The summed E-state index contributed by atoms with van der Waals surface area (Å²) in [5.41, 5.74) is 2.34. The number of benzene rings is 2. The number of carboxylic acid groups (broad SMARTS) is 1. The van der Waals surface area contributed by atoms with E-state index in [0.29, 0.717) is 34.2 Å². The van der Waals surface area contributed by atoms with Crippen molar-refractivity contribution >= 4 is 28.4 Å².